The minimum atomic E-state index is -0.636. The second kappa shape index (κ2) is 6.65. The van der Waals surface area contributed by atoms with Crippen molar-refractivity contribution in [3.63, 3.8) is 0 Å². The molecule has 0 bridgehead atoms. The summed E-state index contributed by atoms with van der Waals surface area (Å²) in [5, 5.41) is 0. The van der Waals surface area contributed by atoms with E-state index in [1.807, 2.05) is 36.4 Å². The van der Waals surface area contributed by atoms with E-state index in [0.29, 0.717) is 26.1 Å². The summed E-state index contributed by atoms with van der Waals surface area (Å²) in [6.45, 7) is 0.991. The Hall–Kier alpha value is -1.98. The van der Waals surface area contributed by atoms with Gasteiger partial charge < -0.3 is 26.7 Å². The highest BCUT2D eigenvalue weighted by Gasteiger charge is 2.34. The van der Waals surface area contributed by atoms with Crippen LogP contribution in [0.4, 0.5) is 5.69 Å². The van der Waals surface area contributed by atoms with E-state index < -0.39 is 5.54 Å². The third-order valence-corrected chi connectivity index (χ3v) is 3.50. The molecule has 1 atom stereocenters. The van der Waals surface area contributed by atoms with Crippen LogP contribution in [0.3, 0.4) is 0 Å². The van der Waals surface area contributed by atoms with Gasteiger partial charge in [-0.25, -0.2) is 0 Å². The van der Waals surface area contributed by atoms with E-state index in [9.17, 15) is 0 Å². The Bertz CT molecular complexity index is 537. The Kier molecular flexibility index (Phi) is 4.88. The van der Waals surface area contributed by atoms with E-state index in [0.717, 1.165) is 22.7 Å². The normalized spacial score (nSPS) is 21.6. The standard InChI is InChI=1S/C16H23N3O2/c1-20-8-9-21-15-7-6-14(18)11-16(15,19)10-12-2-4-13(17)5-3-12/h2-7H,8-11,17-19H2,1H3. The minimum Gasteiger partial charge on any atom is -0.494 e. The molecule has 0 amide bonds. The average molecular weight is 289 g/mol. The van der Waals surface area contributed by atoms with Gasteiger partial charge in [-0.05, 0) is 36.3 Å². The molecule has 0 fully saturated rings. The Labute approximate surface area is 125 Å². The number of hydrogen-bond donors (Lipinski definition) is 3. The van der Waals surface area contributed by atoms with Crippen LogP contribution in [-0.2, 0) is 15.9 Å². The lowest BCUT2D eigenvalue weighted by molar-refractivity contribution is 0.0897. The smallest absolute Gasteiger partial charge is 0.117 e. The molecule has 1 aliphatic carbocycles. The molecule has 6 N–H and O–H groups in total. The second-order valence-corrected chi connectivity index (χ2v) is 5.37. The van der Waals surface area contributed by atoms with E-state index in [1.54, 1.807) is 7.11 Å². The number of allylic oxidation sites excluding steroid dienone is 2. The van der Waals surface area contributed by atoms with Gasteiger partial charge in [-0.15, -0.1) is 0 Å². The van der Waals surface area contributed by atoms with Crippen molar-refractivity contribution in [2.75, 3.05) is 26.1 Å². The SMILES string of the molecule is COCCOC1=CC=C(N)CC1(N)Cc1ccc(N)cc1. The van der Waals surface area contributed by atoms with E-state index in [4.69, 9.17) is 26.7 Å². The van der Waals surface area contributed by atoms with Gasteiger partial charge in [0.15, 0.2) is 0 Å². The molecule has 21 heavy (non-hydrogen) atoms. The van der Waals surface area contributed by atoms with E-state index in [2.05, 4.69) is 0 Å². The van der Waals surface area contributed by atoms with Crippen LogP contribution in [-0.4, -0.2) is 25.9 Å². The molecular weight excluding hydrogens is 266 g/mol. The van der Waals surface area contributed by atoms with Gasteiger partial charge in [0.05, 0.1) is 12.1 Å². The predicted molar refractivity (Wildman–Crippen MR) is 84.3 cm³/mol. The van der Waals surface area contributed by atoms with Crippen LogP contribution in [0.1, 0.15) is 12.0 Å². The lowest BCUT2D eigenvalue weighted by Crippen LogP contribution is -2.47. The largest absolute Gasteiger partial charge is 0.494 e. The zero-order chi connectivity index (χ0) is 15.3. The van der Waals surface area contributed by atoms with Gasteiger partial charge in [0.1, 0.15) is 12.4 Å². The first-order valence-corrected chi connectivity index (χ1v) is 6.95. The molecule has 0 saturated heterocycles. The number of hydrogen-bond acceptors (Lipinski definition) is 5. The molecule has 1 aromatic carbocycles. The van der Waals surface area contributed by atoms with Gasteiger partial charge >= 0.3 is 0 Å². The van der Waals surface area contributed by atoms with Crippen LogP contribution < -0.4 is 17.2 Å². The number of nitrogens with two attached hydrogens (primary N) is 3. The maximum atomic E-state index is 6.56. The van der Waals surface area contributed by atoms with Crippen LogP contribution in [0.25, 0.3) is 0 Å². The van der Waals surface area contributed by atoms with E-state index >= 15 is 0 Å². The summed E-state index contributed by atoms with van der Waals surface area (Å²) in [5.74, 6) is 0.741. The number of rotatable bonds is 6. The summed E-state index contributed by atoms with van der Waals surface area (Å²) in [5.41, 5.74) is 20.2. The Morgan fingerprint density at radius 2 is 1.81 bits per heavy atom. The molecule has 1 unspecified atom stereocenters. The first-order chi connectivity index (χ1) is 10.0. The molecule has 1 aliphatic rings. The van der Waals surface area contributed by atoms with Crippen molar-refractivity contribution in [3.05, 3.63) is 53.4 Å². The molecule has 0 saturated carbocycles. The summed E-state index contributed by atoms with van der Waals surface area (Å²) in [4.78, 5) is 0. The lowest BCUT2D eigenvalue weighted by atomic mass is 9.82. The Morgan fingerprint density at radius 1 is 1.10 bits per heavy atom. The molecule has 0 aliphatic heterocycles. The van der Waals surface area contributed by atoms with E-state index in [-0.39, 0.29) is 0 Å². The molecule has 5 nitrogen and oxygen atoms in total. The Morgan fingerprint density at radius 3 is 2.48 bits per heavy atom. The Balaban J connectivity index is 2.14. The van der Waals surface area contributed by atoms with Gasteiger partial charge in [0, 0.05) is 24.9 Å². The number of anilines is 1. The van der Waals surface area contributed by atoms with Crippen LogP contribution >= 0.6 is 0 Å². The first kappa shape index (κ1) is 15.4. The fraction of sp³-hybridized carbons (Fsp3) is 0.375. The van der Waals surface area contributed by atoms with E-state index in [1.165, 1.54) is 0 Å². The van der Waals surface area contributed by atoms with Gasteiger partial charge in [-0.3, -0.25) is 0 Å². The molecule has 0 radical (unpaired) electrons. The quantitative estimate of drug-likeness (QED) is 0.542. The minimum absolute atomic E-state index is 0.469. The van der Waals surface area contributed by atoms with Crippen LogP contribution in [0.2, 0.25) is 0 Å². The van der Waals surface area contributed by atoms with Gasteiger partial charge in [0.25, 0.3) is 0 Å². The molecule has 5 heteroatoms. The van der Waals surface area contributed by atoms with Crippen molar-refractivity contribution in [3.8, 4) is 0 Å². The van der Waals surface area contributed by atoms with Gasteiger partial charge in [0.2, 0.25) is 0 Å². The van der Waals surface area contributed by atoms with Crippen LogP contribution in [0.15, 0.2) is 47.9 Å². The zero-order valence-corrected chi connectivity index (χ0v) is 12.3. The number of nitrogen functional groups attached to an aromatic ring is 1. The molecule has 2 rings (SSSR count). The van der Waals surface area contributed by atoms with Crippen molar-refractivity contribution in [2.45, 2.75) is 18.4 Å². The highest BCUT2D eigenvalue weighted by atomic mass is 16.5. The fourth-order valence-electron chi connectivity index (χ4n) is 2.44. The molecular formula is C16H23N3O2. The second-order valence-electron chi connectivity index (χ2n) is 5.37. The highest BCUT2D eigenvalue weighted by molar-refractivity contribution is 5.41. The molecule has 0 aromatic heterocycles. The van der Waals surface area contributed by atoms with Gasteiger partial charge in [-0.2, -0.15) is 0 Å². The summed E-state index contributed by atoms with van der Waals surface area (Å²) in [6, 6.07) is 7.70. The summed E-state index contributed by atoms with van der Waals surface area (Å²) in [7, 11) is 1.64. The number of ether oxygens (including phenoxy) is 2. The zero-order valence-electron chi connectivity index (χ0n) is 12.3. The fourth-order valence-corrected chi connectivity index (χ4v) is 2.44. The van der Waals surface area contributed by atoms with Crippen molar-refractivity contribution >= 4 is 5.69 Å². The number of benzene rings is 1. The highest BCUT2D eigenvalue weighted by Crippen LogP contribution is 2.30. The molecule has 114 valence electrons. The van der Waals surface area contributed by atoms with Gasteiger partial charge in [-0.1, -0.05) is 12.1 Å². The van der Waals surface area contributed by atoms with Crippen molar-refractivity contribution < 1.29 is 9.47 Å². The maximum Gasteiger partial charge on any atom is 0.117 e. The maximum absolute atomic E-state index is 6.56. The first-order valence-electron chi connectivity index (χ1n) is 6.95. The van der Waals surface area contributed by atoms with Crippen LogP contribution in [0.5, 0.6) is 0 Å². The topological polar surface area (TPSA) is 96.5 Å². The molecule has 1 aromatic rings. The van der Waals surface area contributed by atoms with Crippen molar-refractivity contribution in [1.29, 1.82) is 0 Å². The van der Waals surface area contributed by atoms with Crippen LogP contribution in [0, 0.1) is 0 Å². The monoisotopic (exact) mass is 289 g/mol. The third kappa shape index (κ3) is 4.00. The summed E-state index contributed by atoms with van der Waals surface area (Å²) < 4.78 is 10.8. The average Bonchev–Trinajstić information content (AvgIpc) is 2.44. The summed E-state index contributed by atoms with van der Waals surface area (Å²) >= 11 is 0. The summed E-state index contributed by atoms with van der Waals surface area (Å²) in [6.07, 6.45) is 4.90. The predicted octanol–water partition coefficient (Wildman–Crippen LogP) is 1.30. The molecule has 0 spiro atoms. The molecule has 0 heterocycles. The lowest BCUT2D eigenvalue weighted by Gasteiger charge is -2.34. The number of methoxy groups -OCH3 is 1. The van der Waals surface area contributed by atoms with Crippen molar-refractivity contribution in [2.24, 2.45) is 11.5 Å². The van der Waals surface area contributed by atoms with Crippen molar-refractivity contribution in [1.82, 2.24) is 0 Å². The third-order valence-electron chi connectivity index (χ3n) is 3.50.